The van der Waals surface area contributed by atoms with Crippen LogP contribution in [-0.4, -0.2) is 45.8 Å². The number of hydrogen-bond donors (Lipinski definition) is 1. The van der Waals surface area contributed by atoms with Crippen LogP contribution in [0.15, 0.2) is 67.3 Å². The average Bonchev–Trinajstić information content (AvgIpc) is 2.81. The van der Waals surface area contributed by atoms with E-state index in [1.54, 1.807) is 48.4 Å². The highest BCUT2D eigenvalue weighted by Gasteiger charge is 2.46. The molecule has 0 radical (unpaired) electrons. The van der Waals surface area contributed by atoms with Crippen molar-refractivity contribution in [3.05, 3.63) is 78.0 Å². The molecular weight excluding hydrogens is 432 g/mol. The van der Waals surface area contributed by atoms with E-state index in [-0.39, 0.29) is 25.4 Å². The van der Waals surface area contributed by atoms with Gasteiger partial charge in [-0.3, -0.25) is 9.69 Å². The highest BCUT2D eigenvalue weighted by molar-refractivity contribution is 5.93. The maximum atomic E-state index is 14.6. The molecule has 4 rings (SSSR count). The summed E-state index contributed by atoms with van der Waals surface area (Å²) in [6.07, 6.45) is 5.10. The number of pyridine rings is 3. The first-order valence-corrected chi connectivity index (χ1v) is 10.5. The van der Waals surface area contributed by atoms with Crippen LogP contribution in [0.4, 0.5) is 14.6 Å². The first-order chi connectivity index (χ1) is 15.8. The summed E-state index contributed by atoms with van der Waals surface area (Å²) in [5, 5.41) is 14.0. The van der Waals surface area contributed by atoms with E-state index in [1.165, 1.54) is 30.7 Å². The predicted molar refractivity (Wildman–Crippen MR) is 116 cm³/mol. The Morgan fingerprint density at radius 2 is 2.03 bits per heavy atom. The summed E-state index contributed by atoms with van der Waals surface area (Å²) in [6, 6.07) is 10.7. The molecule has 10 heteroatoms. The van der Waals surface area contributed by atoms with Crippen molar-refractivity contribution in [2.24, 2.45) is 0 Å². The molecule has 0 bridgehead atoms. The molecule has 2 atom stereocenters. The van der Waals surface area contributed by atoms with Gasteiger partial charge in [0.05, 0.1) is 18.2 Å². The van der Waals surface area contributed by atoms with E-state index in [0.717, 1.165) is 0 Å². The van der Waals surface area contributed by atoms with Crippen molar-refractivity contribution >= 4 is 11.7 Å². The first-order valence-electron chi connectivity index (χ1n) is 10.5. The lowest BCUT2D eigenvalue weighted by molar-refractivity contribution is -0.605. The lowest BCUT2D eigenvalue weighted by atomic mass is 9.87. The van der Waals surface area contributed by atoms with Gasteiger partial charge >= 0.3 is 0 Å². The van der Waals surface area contributed by atoms with Crippen LogP contribution < -0.4 is 14.8 Å². The second-order valence-corrected chi connectivity index (χ2v) is 7.86. The fourth-order valence-electron chi connectivity index (χ4n) is 3.72. The van der Waals surface area contributed by atoms with Crippen molar-refractivity contribution in [2.75, 3.05) is 18.4 Å². The normalized spacial score (nSPS) is 18.9. The number of carbonyl (C=O) groups is 1. The number of likely N-dealkylation sites (tertiary alicyclic amines) is 1. The van der Waals surface area contributed by atoms with E-state index < -0.39 is 17.9 Å². The van der Waals surface area contributed by atoms with Crippen LogP contribution in [0.1, 0.15) is 24.8 Å². The third kappa shape index (κ3) is 5.40. The molecule has 1 amide bonds. The molecule has 8 nitrogen and oxygen atoms in total. The summed E-state index contributed by atoms with van der Waals surface area (Å²) in [4.78, 5) is 22.7. The monoisotopic (exact) mass is 455 g/mol. The van der Waals surface area contributed by atoms with Crippen molar-refractivity contribution in [2.45, 2.75) is 31.2 Å². The van der Waals surface area contributed by atoms with Crippen molar-refractivity contribution < 1.29 is 23.0 Å². The van der Waals surface area contributed by atoms with Gasteiger partial charge < -0.3 is 15.3 Å². The van der Waals surface area contributed by atoms with Crippen LogP contribution in [0.5, 0.6) is 11.6 Å². The highest BCUT2D eigenvalue weighted by atomic mass is 19.3. The molecule has 1 saturated heterocycles. The largest absolute Gasteiger partial charge is 0.619 e. The Morgan fingerprint density at radius 3 is 2.70 bits per heavy atom. The van der Waals surface area contributed by atoms with E-state index in [4.69, 9.17) is 4.74 Å². The molecule has 1 aliphatic heterocycles. The smallest absolute Gasteiger partial charge is 0.257 e. The number of rotatable bonds is 6. The number of alkyl halides is 2. The molecule has 1 N–H and O–H groups in total. The van der Waals surface area contributed by atoms with Gasteiger partial charge in [0, 0.05) is 43.9 Å². The quantitative estimate of drug-likeness (QED) is 0.453. The van der Waals surface area contributed by atoms with Gasteiger partial charge in [0.1, 0.15) is 11.6 Å². The van der Waals surface area contributed by atoms with E-state index in [2.05, 4.69) is 15.3 Å². The Kier molecular flexibility index (Phi) is 6.45. The Balaban J connectivity index is 1.38. The number of amides is 1. The number of nitrogens with one attached hydrogen (secondary N) is 1. The van der Waals surface area contributed by atoms with Crippen molar-refractivity contribution in [3.8, 4) is 11.6 Å². The molecule has 1 fully saturated rings. The summed E-state index contributed by atoms with van der Waals surface area (Å²) in [7, 11) is 0. The predicted octanol–water partition coefficient (Wildman–Crippen LogP) is 3.35. The van der Waals surface area contributed by atoms with Gasteiger partial charge in [0.2, 0.25) is 11.8 Å². The van der Waals surface area contributed by atoms with Gasteiger partial charge in [0.25, 0.3) is 5.92 Å². The van der Waals surface area contributed by atoms with Crippen LogP contribution in [0.2, 0.25) is 0 Å². The van der Waals surface area contributed by atoms with E-state index in [9.17, 15) is 18.8 Å². The summed E-state index contributed by atoms with van der Waals surface area (Å²) < 4.78 is 35.3. The van der Waals surface area contributed by atoms with Gasteiger partial charge in [0.15, 0.2) is 12.4 Å². The average molecular weight is 455 g/mol. The number of halogens is 2. The number of hydrogen-bond acceptors (Lipinski definition) is 6. The maximum Gasteiger partial charge on any atom is 0.257 e. The zero-order chi connectivity index (χ0) is 23.4. The van der Waals surface area contributed by atoms with Crippen LogP contribution >= 0.6 is 0 Å². The maximum absolute atomic E-state index is 14.6. The molecule has 0 aromatic carbocycles. The van der Waals surface area contributed by atoms with Crippen LogP contribution in [0, 0.1) is 5.21 Å². The summed E-state index contributed by atoms with van der Waals surface area (Å²) in [6.45, 7) is 1.75. The highest BCUT2D eigenvalue weighted by Crippen LogP contribution is 2.40. The summed E-state index contributed by atoms with van der Waals surface area (Å²) in [5.41, 5.74) is 0.370. The van der Waals surface area contributed by atoms with Crippen LogP contribution in [-0.2, 0) is 4.79 Å². The molecule has 0 spiro atoms. The lowest BCUT2D eigenvalue weighted by Crippen LogP contribution is -2.52. The molecular formula is C23H23F2N5O3. The van der Waals surface area contributed by atoms with Gasteiger partial charge in [-0.05, 0) is 30.7 Å². The number of carbonyl (C=O) groups excluding carboxylic acids is 1. The molecule has 3 aromatic rings. The first kappa shape index (κ1) is 22.5. The molecule has 1 aliphatic rings. The Hall–Kier alpha value is -3.66. The van der Waals surface area contributed by atoms with E-state index >= 15 is 0 Å². The SMILES string of the molecule is CC(C(=O)Nc1ccc(Oc2ccccn2)cn1)N1CCC(F)(F)[C@@H](c2cc[n+]([O-])cc2)C1. The minimum atomic E-state index is -2.92. The lowest BCUT2D eigenvalue weighted by Gasteiger charge is -2.40. The minimum Gasteiger partial charge on any atom is -0.619 e. The molecule has 33 heavy (non-hydrogen) atoms. The Morgan fingerprint density at radius 1 is 1.24 bits per heavy atom. The second-order valence-electron chi connectivity index (χ2n) is 7.86. The number of anilines is 1. The van der Waals surface area contributed by atoms with Crippen molar-refractivity contribution in [3.63, 3.8) is 0 Å². The standard InChI is InChI=1S/C23H23F2N5O3/c1-16(29-13-9-23(24,25)19(15-29)17-7-11-30(32)12-8-17)22(31)28-20-6-5-18(14-27-20)33-21-4-2-3-10-26-21/h2-8,10-12,14,16,19H,9,13,15H2,1H3,(H,27,28,31)/t16?,19-/m1/s1. The number of aromatic nitrogens is 3. The zero-order valence-corrected chi connectivity index (χ0v) is 17.9. The third-order valence-corrected chi connectivity index (χ3v) is 5.66. The summed E-state index contributed by atoms with van der Waals surface area (Å²) >= 11 is 0. The topological polar surface area (TPSA) is 94.3 Å². The van der Waals surface area contributed by atoms with Crippen molar-refractivity contribution in [1.29, 1.82) is 0 Å². The van der Waals surface area contributed by atoms with Gasteiger partial charge in [-0.2, -0.15) is 4.73 Å². The van der Waals surface area contributed by atoms with Gasteiger partial charge in [-0.1, -0.05) is 6.07 Å². The third-order valence-electron chi connectivity index (χ3n) is 5.66. The van der Waals surface area contributed by atoms with E-state index in [0.29, 0.717) is 27.7 Å². The molecule has 4 heterocycles. The molecule has 0 aliphatic carbocycles. The van der Waals surface area contributed by atoms with Gasteiger partial charge in [-0.15, -0.1) is 0 Å². The molecule has 1 unspecified atom stereocenters. The minimum absolute atomic E-state index is 0.00522. The number of piperidine rings is 1. The van der Waals surface area contributed by atoms with Gasteiger partial charge in [-0.25, -0.2) is 18.7 Å². The van der Waals surface area contributed by atoms with Crippen molar-refractivity contribution in [1.82, 2.24) is 14.9 Å². The molecule has 172 valence electrons. The van der Waals surface area contributed by atoms with Crippen LogP contribution in [0.25, 0.3) is 0 Å². The number of nitrogens with zero attached hydrogens (tertiary/aromatic N) is 4. The summed E-state index contributed by atoms with van der Waals surface area (Å²) in [5.74, 6) is -3.18. The fraction of sp³-hybridized carbons (Fsp3) is 0.304. The molecule has 0 saturated carbocycles. The van der Waals surface area contributed by atoms with Crippen LogP contribution in [0.3, 0.4) is 0 Å². The Labute approximate surface area is 189 Å². The fourth-order valence-corrected chi connectivity index (χ4v) is 3.72. The van der Waals surface area contributed by atoms with E-state index in [1.807, 2.05) is 0 Å². The number of ether oxygens (including phenoxy) is 1. The Bertz CT molecular complexity index is 1080. The second kappa shape index (κ2) is 9.45. The zero-order valence-electron chi connectivity index (χ0n) is 17.9. The molecule has 3 aromatic heterocycles.